The molecule has 2 heterocycles. The van der Waals surface area contributed by atoms with Gasteiger partial charge in [-0.25, -0.2) is 0 Å². The number of hydrogen-bond acceptors (Lipinski definition) is 5. The van der Waals surface area contributed by atoms with Crippen molar-refractivity contribution in [2.75, 3.05) is 0 Å². The first-order chi connectivity index (χ1) is 8.04. The van der Waals surface area contributed by atoms with Crippen LogP contribution in [0.1, 0.15) is 23.9 Å². The molecule has 17 heavy (non-hydrogen) atoms. The summed E-state index contributed by atoms with van der Waals surface area (Å²) in [6.45, 7) is 5.25. The van der Waals surface area contributed by atoms with Gasteiger partial charge in [0, 0.05) is 0 Å². The van der Waals surface area contributed by atoms with Gasteiger partial charge in [0.05, 0.1) is 16.8 Å². The maximum absolute atomic E-state index is 11.7. The van der Waals surface area contributed by atoms with Gasteiger partial charge in [-0.05, 0) is 20.3 Å². The molecular weight excluding hydrogens is 222 g/mol. The Balaban J connectivity index is 2.67. The van der Waals surface area contributed by atoms with Crippen LogP contribution < -0.4 is 5.56 Å². The second kappa shape index (κ2) is 4.04. The van der Waals surface area contributed by atoms with Gasteiger partial charge >= 0.3 is 0 Å². The normalized spacial score (nSPS) is 10.8. The number of aromatic amines is 1. The minimum Gasteiger partial charge on any atom is -0.493 e. The zero-order valence-corrected chi connectivity index (χ0v) is 9.87. The van der Waals surface area contributed by atoms with E-state index in [1.54, 1.807) is 20.8 Å². The van der Waals surface area contributed by atoms with Crippen LogP contribution in [0.3, 0.4) is 0 Å². The summed E-state index contributed by atoms with van der Waals surface area (Å²) in [7, 11) is 0. The Labute approximate surface area is 97.3 Å². The van der Waals surface area contributed by atoms with E-state index in [2.05, 4.69) is 15.1 Å². The van der Waals surface area contributed by atoms with E-state index in [4.69, 9.17) is 4.52 Å². The van der Waals surface area contributed by atoms with E-state index >= 15 is 0 Å². The Hall–Kier alpha value is -2.11. The quantitative estimate of drug-likeness (QED) is 0.818. The third-order valence-corrected chi connectivity index (χ3v) is 2.62. The van der Waals surface area contributed by atoms with Crippen molar-refractivity contribution >= 4 is 0 Å². The van der Waals surface area contributed by atoms with Crippen molar-refractivity contribution in [2.24, 2.45) is 0 Å². The SMILES string of the molecule is CCc1c(O)nc(-c2c(C)noc2C)[nH]c1=O. The Morgan fingerprint density at radius 3 is 2.59 bits per heavy atom. The molecule has 2 aromatic heterocycles. The van der Waals surface area contributed by atoms with Crippen LogP contribution in [-0.4, -0.2) is 20.2 Å². The number of nitrogens with one attached hydrogen (secondary N) is 1. The molecule has 0 aliphatic rings. The van der Waals surface area contributed by atoms with Crippen molar-refractivity contribution < 1.29 is 9.63 Å². The van der Waals surface area contributed by atoms with Crippen molar-refractivity contribution in [2.45, 2.75) is 27.2 Å². The van der Waals surface area contributed by atoms with E-state index in [0.717, 1.165) is 0 Å². The first-order valence-electron chi connectivity index (χ1n) is 5.30. The summed E-state index contributed by atoms with van der Waals surface area (Å²) in [6.07, 6.45) is 0.427. The molecule has 0 saturated carbocycles. The largest absolute Gasteiger partial charge is 0.493 e. The summed E-state index contributed by atoms with van der Waals surface area (Å²) in [5.41, 5.74) is 1.17. The van der Waals surface area contributed by atoms with E-state index in [1.807, 2.05) is 0 Å². The van der Waals surface area contributed by atoms with E-state index in [1.165, 1.54) is 0 Å². The fourth-order valence-corrected chi connectivity index (χ4v) is 1.74. The lowest BCUT2D eigenvalue weighted by Crippen LogP contribution is -2.14. The lowest BCUT2D eigenvalue weighted by Gasteiger charge is -2.03. The molecule has 90 valence electrons. The number of aromatic nitrogens is 3. The van der Waals surface area contributed by atoms with Crippen molar-refractivity contribution in [3.8, 4) is 17.3 Å². The molecule has 0 bridgehead atoms. The molecule has 0 amide bonds. The fourth-order valence-electron chi connectivity index (χ4n) is 1.74. The Morgan fingerprint density at radius 1 is 1.41 bits per heavy atom. The lowest BCUT2D eigenvalue weighted by molar-refractivity contribution is 0.393. The Morgan fingerprint density at radius 2 is 2.12 bits per heavy atom. The molecule has 0 saturated heterocycles. The molecule has 0 atom stereocenters. The highest BCUT2D eigenvalue weighted by molar-refractivity contribution is 5.60. The van der Waals surface area contributed by atoms with E-state index in [9.17, 15) is 9.90 Å². The van der Waals surface area contributed by atoms with Gasteiger partial charge in [-0.3, -0.25) is 4.79 Å². The summed E-state index contributed by atoms with van der Waals surface area (Å²) in [5, 5.41) is 13.4. The van der Waals surface area contributed by atoms with Crippen LogP contribution in [-0.2, 0) is 6.42 Å². The second-order valence-corrected chi connectivity index (χ2v) is 3.77. The third kappa shape index (κ3) is 1.82. The smallest absolute Gasteiger partial charge is 0.258 e. The van der Waals surface area contributed by atoms with Crippen LogP contribution in [0.5, 0.6) is 5.88 Å². The zero-order valence-electron chi connectivity index (χ0n) is 9.87. The van der Waals surface area contributed by atoms with Crippen molar-refractivity contribution in [1.29, 1.82) is 0 Å². The summed E-state index contributed by atoms with van der Waals surface area (Å²) in [4.78, 5) is 18.3. The molecule has 0 spiro atoms. The van der Waals surface area contributed by atoms with E-state index in [0.29, 0.717) is 23.4 Å². The van der Waals surface area contributed by atoms with E-state index in [-0.39, 0.29) is 22.8 Å². The highest BCUT2D eigenvalue weighted by Crippen LogP contribution is 2.24. The third-order valence-electron chi connectivity index (χ3n) is 2.62. The van der Waals surface area contributed by atoms with E-state index < -0.39 is 0 Å². The van der Waals surface area contributed by atoms with Gasteiger partial charge in [-0.1, -0.05) is 12.1 Å². The minimum absolute atomic E-state index is 0.244. The summed E-state index contributed by atoms with van der Waals surface area (Å²) in [5.74, 6) is 0.585. The number of nitrogens with zero attached hydrogens (tertiary/aromatic N) is 2. The molecule has 6 nitrogen and oxygen atoms in total. The molecule has 0 radical (unpaired) electrons. The molecule has 0 unspecified atom stereocenters. The average molecular weight is 235 g/mol. The maximum Gasteiger partial charge on any atom is 0.258 e. The monoisotopic (exact) mass is 235 g/mol. The minimum atomic E-state index is -0.338. The molecule has 6 heteroatoms. The molecule has 2 aromatic rings. The van der Waals surface area contributed by atoms with Gasteiger partial charge in [0.15, 0.2) is 0 Å². The topological polar surface area (TPSA) is 92.0 Å². The Bertz CT molecular complexity index is 593. The van der Waals surface area contributed by atoms with Crippen LogP contribution in [0.2, 0.25) is 0 Å². The van der Waals surface area contributed by atoms with Crippen molar-refractivity contribution in [3.05, 3.63) is 27.4 Å². The molecule has 0 aliphatic heterocycles. The zero-order chi connectivity index (χ0) is 12.6. The van der Waals surface area contributed by atoms with Crippen LogP contribution in [0.15, 0.2) is 9.32 Å². The maximum atomic E-state index is 11.7. The van der Waals surface area contributed by atoms with Gasteiger partial charge in [0.2, 0.25) is 5.88 Å². The first-order valence-corrected chi connectivity index (χ1v) is 5.30. The van der Waals surface area contributed by atoms with Crippen LogP contribution in [0, 0.1) is 13.8 Å². The molecule has 2 N–H and O–H groups in total. The van der Waals surface area contributed by atoms with Crippen LogP contribution >= 0.6 is 0 Å². The first kappa shape index (κ1) is 11.4. The molecule has 0 fully saturated rings. The van der Waals surface area contributed by atoms with Crippen LogP contribution in [0.4, 0.5) is 0 Å². The number of H-pyrrole nitrogens is 1. The standard InChI is InChI=1S/C11H13N3O3/c1-4-7-10(15)12-9(13-11(7)16)8-5(2)14-17-6(8)3/h4H2,1-3H3,(H2,12,13,15,16). The molecular formula is C11H13N3O3. The van der Waals surface area contributed by atoms with Gasteiger partial charge in [-0.15, -0.1) is 0 Å². The summed E-state index contributed by atoms with van der Waals surface area (Å²) in [6, 6.07) is 0. The average Bonchev–Trinajstić information content (AvgIpc) is 2.58. The molecule has 0 aromatic carbocycles. The lowest BCUT2D eigenvalue weighted by atomic mass is 10.2. The van der Waals surface area contributed by atoms with Gasteiger partial charge in [-0.2, -0.15) is 4.98 Å². The van der Waals surface area contributed by atoms with Gasteiger partial charge in [0.25, 0.3) is 5.56 Å². The summed E-state index contributed by atoms with van der Waals surface area (Å²) < 4.78 is 4.99. The molecule has 2 rings (SSSR count). The highest BCUT2D eigenvalue weighted by atomic mass is 16.5. The van der Waals surface area contributed by atoms with Crippen LogP contribution in [0.25, 0.3) is 11.4 Å². The number of aryl methyl sites for hydroxylation is 2. The highest BCUT2D eigenvalue weighted by Gasteiger charge is 2.16. The fraction of sp³-hybridized carbons (Fsp3) is 0.364. The predicted octanol–water partition coefficient (Wildman–Crippen LogP) is 1.31. The second-order valence-electron chi connectivity index (χ2n) is 3.77. The molecule has 0 aliphatic carbocycles. The predicted molar refractivity (Wildman–Crippen MR) is 60.9 cm³/mol. The summed E-state index contributed by atoms with van der Waals surface area (Å²) >= 11 is 0. The van der Waals surface area contributed by atoms with Crippen molar-refractivity contribution in [1.82, 2.24) is 15.1 Å². The van der Waals surface area contributed by atoms with Crippen molar-refractivity contribution in [3.63, 3.8) is 0 Å². The van der Waals surface area contributed by atoms with Gasteiger partial charge < -0.3 is 14.6 Å². The number of rotatable bonds is 2. The number of hydrogen-bond donors (Lipinski definition) is 2. The number of aromatic hydroxyl groups is 1. The Kier molecular flexibility index (Phi) is 2.71. The van der Waals surface area contributed by atoms with Gasteiger partial charge in [0.1, 0.15) is 11.6 Å².